The van der Waals surface area contributed by atoms with E-state index in [1.54, 1.807) is 31.4 Å². The third kappa shape index (κ3) is 6.87. The molecule has 5 nitrogen and oxygen atoms in total. The van der Waals surface area contributed by atoms with Crippen LogP contribution in [-0.2, 0) is 20.9 Å². The van der Waals surface area contributed by atoms with Gasteiger partial charge in [0.05, 0.1) is 18.2 Å². The zero-order valence-electron chi connectivity index (χ0n) is 16.1. The average Bonchev–Trinajstić information content (AvgIpc) is 2.67. The molecule has 0 aliphatic carbocycles. The second kappa shape index (κ2) is 10.5. The molecule has 0 saturated heterocycles. The van der Waals surface area contributed by atoms with E-state index in [1.807, 2.05) is 30.3 Å². The minimum absolute atomic E-state index is 0.106. The van der Waals surface area contributed by atoms with Crippen LogP contribution in [0.1, 0.15) is 47.8 Å². The normalized spacial score (nSPS) is 11.9. The van der Waals surface area contributed by atoms with E-state index in [0.29, 0.717) is 18.1 Å². The van der Waals surface area contributed by atoms with E-state index in [1.165, 1.54) is 0 Å². The molecule has 0 bridgehead atoms. The molecule has 1 unspecified atom stereocenters. The predicted molar refractivity (Wildman–Crippen MR) is 104 cm³/mol. The Balaban J connectivity index is 1.90. The topological polar surface area (TPSA) is 64.6 Å². The first-order valence-corrected chi connectivity index (χ1v) is 9.09. The molecular weight excluding hydrogens is 342 g/mol. The van der Waals surface area contributed by atoms with Crippen LogP contribution in [0.4, 0.5) is 0 Å². The third-order valence-electron chi connectivity index (χ3n) is 4.08. The second-order valence-corrected chi connectivity index (χ2v) is 6.87. The summed E-state index contributed by atoms with van der Waals surface area (Å²) in [4.78, 5) is 24.4. The summed E-state index contributed by atoms with van der Waals surface area (Å²) in [5, 5.41) is 2.96. The molecule has 2 aromatic rings. The molecule has 144 valence electrons. The molecule has 5 heteroatoms. The van der Waals surface area contributed by atoms with Gasteiger partial charge in [-0.1, -0.05) is 56.3 Å². The van der Waals surface area contributed by atoms with Crippen molar-refractivity contribution >= 4 is 11.9 Å². The van der Waals surface area contributed by atoms with Crippen LogP contribution in [0.25, 0.3) is 0 Å². The molecule has 0 saturated carbocycles. The van der Waals surface area contributed by atoms with Gasteiger partial charge in [-0.25, -0.2) is 4.79 Å². The summed E-state index contributed by atoms with van der Waals surface area (Å²) in [5.41, 5.74) is 2.41. The number of ether oxygens (including phenoxy) is 2. The van der Waals surface area contributed by atoms with Gasteiger partial charge in [-0.3, -0.25) is 4.79 Å². The predicted octanol–water partition coefficient (Wildman–Crippen LogP) is 3.89. The van der Waals surface area contributed by atoms with E-state index >= 15 is 0 Å². The molecule has 0 heterocycles. The Labute approximate surface area is 160 Å². The number of benzene rings is 2. The Bertz CT molecular complexity index is 726. The monoisotopic (exact) mass is 369 g/mol. The van der Waals surface area contributed by atoms with Crippen molar-refractivity contribution in [3.63, 3.8) is 0 Å². The highest BCUT2D eigenvalue weighted by molar-refractivity contribution is 5.91. The molecule has 27 heavy (non-hydrogen) atoms. The summed E-state index contributed by atoms with van der Waals surface area (Å²) in [5.74, 6) is -0.410. The van der Waals surface area contributed by atoms with Crippen LogP contribution in [0.2, 0.25) is 0 Å². The third-order valence-corrected chi connectivity index (χ3v) is 4.08. The molecule has 1 amide bonds. The molecule has 2 aromatic carbocycles. The summed E-state index contributed by atoms with van der Waals surface area (Å²) >= 11 is 0. The zero-order valence-corrected chi connectivity index (χ0v) is 16.1. The molecule has 0 aromatic heterocycles. The lowest BCUT2D eigenvalue weighted by Crippen LogP contribution is -2.33. The largest absolute Gasteiger partial charge is 0.452 e. The first-order chi connectivity index (χ1) is 13.0. The van der Waals surface area contributed by atoms with Gasteiger partial charge >= 0.3 is 5.97 Å². The Hall–Kier alpha value is -2.66. The standard InChI is InChI=1S/C22H27NO4/c1-16(2)13-20(18-7-5-4-6-8-18)23-21(24)15-27-22(25)19-11-9-17(10-12-19)14-26-3/h4-12,16,20H,13-15H2,1-3H3,(H,23,24). The van der Waals surface area contributed by atoms with Crippen molar-refractivity contribution in [2.75, 3.05) is 13.7 Å². The summed E-state index contributed by atoms with van der Waals surface area (Å²) < 4.78 is 10.2. The van der Waals surface area contributed by atoms with Crippen molar-refractivity contribution in [3.05, 3.63) is 71.3 Å². The number of carbonyl (C=O) groups excluding carboxylic acids is 2. The van der Waals surface area contributed by atoms with Crippen molar-refractivity contribution < 1.29 is 19.1 Å². The van der Waals surface area contributed by atoms with Gasteiger partial charge in [-0.15, -0.1) is 0 Å². The fourth-order valence-corrected chi connectivity index (χ4v) is 2.79. The smallest absolute Gasteiger partial charge is 0.338 e. The Kier molecular flexibility index (Phi) is 8.01. The van der Waals surface area contributed by atoms with Gasteiger partial charge in [0.2, 0.25) is 0 Å². The highest BCUT2D eigenvalue weighted by atomic mass is 16.5. The van der Waals surface area contributed by atoms with Crippen LogP contribution in [0.3, 0.4) is 0 Å². The maximum atomic E-state index is 12.3. The number of methoxy groups -OCH3 is 1. The van der Waals surface area contributed by atoms with Crippen LogP contribution in [0.15, 0.2) is 54.6 Å². The maximum Gasteiger partial charge on any atom is 0.338 e. The Morgan fingerprint density at radius 1 is 1.00 bits per heavy atom. The first kappa shape index (κ1) is 20.6. The molecule has 0 aliphatic rings. The van der Waals surface area contributed by atoms with Gasteiger partial charge in [-0.05, 0) is 35.6 Å². The van der Waals surface area contributed by atoms with Crippen molar-refractivity contribution in [3.8, 4) is 0 Å². The first-order valence-electron chi connectivity index (χ1n) is 9.09. The number of nitrogens with one attached hydrogen (secondary N) is 1. The van der Waals surface area contributed by atoms with Crippen LogP contribution < -0.4 is 5.32 Å². The fraction of sp³-hybridized carbons (Fsp3) is 0.364. The van der Waals surface area contributed by atoms with E-state index in [4.69, 9.17) is 9.47 Å². The fourth-order valence-electron chi connectivity index (χ4n) is 2.79. The number of amides is 1. The van der Waals surface area contributed by atoms with Crippen molar-refractivity contribution in [1.82, 2.24) is 5.32 Å². The lowest BCUT2D eigenvalue weighted by molar-refractivity contribution is -0.125. The van der Waals surface area contributed by atoms with Crippen LogP contribution in [0.5, 0.6) is 0 Å². The van der Waals surface area contributed by atoms with Gasteiger partial charge in [0.1, 0.15) is 0 Å². The molecule has 1 atom stereocenters. The van der Waals surface area contributed by atoms with E-state index in [9.17, 15) is 9.59 Å². The van der Waals surface area contributed by atoms with Crippen LogP contribution in [-0.4, -0.2) is 25.6 Å². The maximum absolute atomic E-state index is 12.3. The van der Waals surface area contributed by atoms with E-state index in [2.05, 4.69) is 19.2 Å². The zero-order chi connectivity index (χ0) is 19.6. The molecule has 0 radical (unpaired) electrons. The Morgan fingerprint density at radius 3 is 2.26 bits per heavy atom. The van der Waals surface area contributed by atoms with Gasteiger partial charge in [0.25, 0.3) is 5.91 Å². The molecule has 0 fully saturated rings. The summed E-state index contributed by atoms with van der Waals surface area (Å²) in [6.07, 6.45) is 0.810. The Morgan fingerprint density at radius 2 is 1.67 bits per heavy atom. The summed E-state index contributed by atoms with van der Waals surface area (Å²) in [6, 6.07) is 16.6. The quantitative estimate of drug-likeness (QED) is 0.681. The van der Waals surface area contributed by atoms with Gasteiger partial charge < -0.3 is 14.8 Å². The summed E-state index contributed by atoms with van der Waals surface area (Å²) in [6.45, 7) is 4.39. The van der Waals surface area contributed by atoms with Gasteiger partial charge in [0, 0.05) is 7.11 Å². The van der Waals surface area contributed by atoms with Gasteiger partial charge in [-0.2, -0.15) is 0 Å². The summed E-state index contributed by atoms with van der Waals surface area (Å²) in [7, 11) is 1.61. The van der Waals surface area contributed by atoms with E-state index in [0.717, 1.165) is 17.5 Å². The number of carbonyl (C=O) groups is 2. The van der Waals surface area contributed by atoms with E-state index in [-0.39, 0.29) is 18.6 Å². The minimum atomic E-state index is -0.519. The highest BCUT2D eigenvalue weighted by Crippen LogP contribution is 2.21. The van der Waals surface area contributed by atoms with Gasteiger partial charge in [0.15, 0.2) is 6.61 Å². The average molecular weight is 369 g/mol. The van der Waals surface area contributed by atoms with Crippen LogP contribution in [0, 0.1) is 5.92 Å². The lowest BCUT2D eigenvalue weighted by atomic mass is 9.97. The number of hydrogen-bond donors (Lipinski definition) is 1. The lowest BCUT2D eigenvalue weighted by Gasteiger charge is -2.21. The van der Waals surface area contributed by atoms with Crippen LogP contribution >= 0.6 is 0 Å². The van der Waals surface area contributed by atoms with Crippen molar-refractivity contribution in [1.29, 1.82) is 0 Å². The molecule has 1 N–H and O–H groups in total. The SMILES string of the molecule is COCc1ccc(C(=O)OCC(=O)NC(CC(C)C)c2ccccc2)cc1. The van der Waals surface area contributed by atoms with E-state index < -0.39 is 5.97 Å². The second-order valence-electron chi connectivity index (χ2n) is 6.87. The molecule has 2 rings (SSSR count). The number of rotatable bonds is 9. The number of hydrogen-bond acceptors (Lipinski definition) is 4. The minimum Gasteiger partial charge on any atom is -0.452 e. The number of esters is 1. The molecule has 0 spiro atoms. The molecular formula is C22H27NO4. The van der Waals surface area contributed by atoms with Crippen molar-refractivity contribution in [2.45, 2.75) is 32.9 Å². The molecule has 0 aliphatic heterocycles. The highest BCUT2D eigenvalue weighted by Gasteiger charge is 2.17. The van der Waals surface area contributed by atoms with Crippen molar-refractivity contribution in [2.24, 2.45) is 5.92 Å².